The summed E-state index contributed by atoms with van der Waals surface area (Å²) < 4.78 is 13.6. The van der Waals surface area contributed by atoms with Gasteiger partial charge in [0.15, 0.2) is 0 Å². The van der Waals surface area contributed by atoms with Gasteiger partial charge in [0.2, 0.25) is 0 Å². The molecule has 1 aromatic carbocycles. The minimum absolute atomic E-state index is 0.258. The molecule has 1 aromatic heterocycles. The van der Waals surface area contributed by atoms with E-state index in [0.717, 1.165) is 10.0 Å². The van der Waals surface area contributed by atoms with Crippen LogP contribution in [0, 0.1) is 17.1 Å². The van der Waals surface area contributed by atoms with Crippen LogP contribution in [0.1, 0.15) is 11.1 Å². The number of anilines is 1. The second kappa shape index (κ2) is 5.81. The molecule has 0 unspecified atom stereocenters. The first-order chi connectivity index (χ1) is 9.10. The number of nitriles is 1. The monoisotopic (exact) mass is 319 g/mol. The van der Waals surface area contributed by atoms with E-state index >= 15 is 0 Å². The topological polar surface area (TPSA) is 39.9 Å². The second-order valence-electron chi connectivity index (χ2n) is 4.12. The SMILES string of the molecule is CN(Cc1ccc(F)cc1)c1ncc(Br)cc1C#N. The van der Waals surface area contributed by atoms with E-state index in [0.29, 0.717) is 17.9 Å². The van der Waals surface area contributed by atoms with Gasteiger partial charge in [-0.3, -0.25) is 0 Å². The Hall–Kier alpha value is -1.93. The molecule has 2 rings (SSSR count). The molecule has 0 atom stereocenters. The molecule has 0 amide bonds. The predicted molar refractivity (Wildman–Crippen MR) is 75.2 cm³/mol. The lowest BCUT2D eigenvalue weighted by atomic mass is 10.2. The average molecular weight is 320 g/mol. The molecule has 0 aliphatic rings. The summed E-state index contributed by atoms with van der Waals surface area (Å²) >= 11 is 3.29. The quantitative estimate of drug-likeness (QED) is 0.869. The van der Waals surface area contributed by atoms with E-state index in [-0.39, 0.29) is 5.82 Å². The standard InChI is InChI=1S/C14H11BrFN3/c1-19(9-10-2-4-13(16)5-3-10)14-11(7-17)6-12(15)8-18-14/h2-6,8H,9H2,1H3. The third-order valence-electron chi connectivity index (χ3n) is 2.65. The number of aromatic nitrogens is 1. The van der Waals surface area contributed by atoms with Crippen LogP contribution in [0.5, 0.6) is 0 Å². The third kappa shape index (κ3) is 3.30. The number of halogens is 2. The Kier molecular flexibility index (Phi) is 4.13. The van der Waals surface area contributed by atoms with Crippen LogP contribution in [-0.4, -0.2) is 12.0 Å². The van der Waals surface area contributed by atoms with Crippen molar-refractivity contribution >= 4 is 21.7 Å². The summed E-state index contributed by atoms with van der Waals surface area (Å²) in [6.07, 6.45) is 1.65. The van der Waals surface area contributed by atoms with E-state index in [1.165, 1.54) is 12.1 Å². The van der Waals surface area contributed by atoms with Crippen molar-refractivity contribution in [2.24, 2.45) is 0 Å². The Morgan fingerprint density at radius 2 is 2.05 bits per heavy atom. The minimum atomic E-state index is -0.258. The van der Waals surface area contributed by atoms with Gasteiger partial charge >= 0.3 is 0 Å². The largest absolute Gasteiger partial charge is 0.354 e. The van der Waals surface area contributed by atoms with Gasteiger partial charge in [-0.2, -0.15) is 5.26 Å². The number of benzene rings is 1. The number of pyridine rings is 1. The van der Waals surface area contributed by atoms with Gasteiger partial charge in [0.25, 0.3) is 0 Å². The van der Waals surface area contributed by atoms with Gasteiger partial charge in [0, 0.05) is 24.3 Å². The molecule has 0 aliphatic carbocycles. The van der Waals surface area contributed by atoms with Crippen LogP contribution in [0.2, 0.25) is 0 Å². The molecule has 3 nitrogen and oxygen atoms in total. The van der Waals surface area contributed by atoms with Gasteiger partial charge in [-0.15, -0.1) is 0 Å². The van der Waals surface area contributed by atoms with E-state index in [1.807, 2.05) is 11.9 Å². The maximum atomic E-state index is 12.8. The van der Waals surface area contributed by atoms with Crippen molar-refractivity contribution in [2.45, 2.75) is 6.54 Å². The van der Waals surface area contributed by atoms with E-state index in [1.54, 1.807) is 24.4 Å². The van der Waals surface area contributed by atoms with Crippen LogP contribution < -0.4 is 4.90 Å². The predicted octanol–water partition coefficient (Wildman–Crippen LogP) is 3.49. The summed E-state index contributed by atoms with van der Waals surface area (Å²) in [7, 11) is 1.85. The first kappa shape index (κ1) is 13.5. The third-order valence-corrected chi connectivity index (χ3v) is 3.08. The lowest BCUT2D eigenvalue weighted by Crippen LogP contribution is -2.18. The lowest BCUT2D eigenvalue weighted by Gasteiger charge is -2.19. The highest BCUT2D eigenvalue weighted by Gasteiger charge is 2.10. The van der Waals surface area contributed by atoms with Crippen molar-refractivity contribution < 1.29 is 4.39 Å². The molecule has 2 aromatic rings. The number of hydrogen-bond donors (Lipinski definition) is 0. The maximum absolute atomic E-state index is 12.8. The second-order valence-corrected chi connectivity index (χ2v) is 5.03. The van der Waals surface area contributed by atoms with Crippen molar-refractivity contribution in [1.29, 1.82) is 5.26 Å². The van der Waals surface area contributed by atoms with Gasteiger partial charge in [-0.05, 0) is 39.7 Å². The number of nitrogens with zero attached hydrogens (tertiary/aromatic N) is 3. The van der Waals surface area contributed by atoms with E-state index in [2.05, 4.69) is 27.0 Å². The molecule has 96 valence electrons. The molecule has 0 N–H and O–H groups in total. The molecular formula is C14H11BrFN3. The Bertz CT molecular complexity index is 620. The van der Waals surface area contributed by atoms with Gasteiger partial charge in [-0.25, -0.2) is 9.37 Å². The van der Waals surface area contributed by atoms with Gasteiger partial charge < -0.3 is 4.90 Å². The highest BCUT2D eigenvalue weighted by Crippen LogP contribution is 2.21. The van der Waals surface area contributed by atoms with Crippen molar-refractivity contribution in [3.8, 4) is 6.07 Å². The van der Waals surface area contributed by atoms with Gasteiger partial charge in [0.05, 0.1) is 5.56 Å². The zero-order chi connectivity index (χ0) is 13.8. The fraction of sp³-hybridized carbons (Fsp3) is 0.143. The lowest BCUT2D eigenvalue weighted by molar-refractivity contribution is 0.627. The van der Waals surface area contributed by atoms with Crippen molar-refractivity contribution in [3.63, 3.8) is 0 Å². The molecule has 0 saturated carbocycles. The summed E-state index contributed by atoms with van der Waals surface area (Å²) in [5.74, 6) is 0.348. The number of hydrogen-bond acceptors (Lipinski definition) is 3. The van der Waals surface area contributed by atoms with Gasteiger partial charge in [-0.1, -0.05) is 12.1 Å². The van der Waals surface area contributed by atoms with Crippen LogP contribution in [-0.2, 0) is 6.54 Å². The summed E-state index contributed by atoms with van der Waals surface area (Å²) in [4.78, 5) is 6.10. The zero-order valence-corrected chi connectivity index (χ0v) is 11.9. The first-order valence-corrected chi connectivity index (χ1v) is 6.40. The first-order valence-electron chi connectivity index (χ1n) is 5.61. The maximum Gasteiger partial charge on any atom is 0.146 e. The van der Waals surface area contributed by atoms with Crippen LogP contribution in [0.4, 0.5) is 10.2 Å². The summed E-state index contributed by atoms with van der Waals surface area (Å²) in [5, 5.41) is 9.11. The Labute approximate surface area is 119 Å². The van der Waals surface area contributed by atoms with E-state index in [4.69, 9.17) is 5.26 Å². The molecule has 0 aliphatic heterocycles. The van der Waals surface area contributed by atoms with Crippen LogP contribution in [0.3, 0.4) is 0 Å². The minimum Gasteiger partial charge on any atom is -0.354 e. The van der Waals surface area contributed by atoms with Crippen LogP contribution in [0.15, 0.2) is 41.0 Å². The normalized spacial score (nSPS) is 10.0. The molecule has 5 heteroatoms. The van der Waals surface area contributed by atoms with Crippen molar-refractivity contribution in [2.75, 3.05) is 11.9 Å². The number of rotatable bonds is 3. The van der Waals surface area contributed by atoms with Gasteiger partial charge in [0.1, 0.15) is 17.7 Å². The van der Waals surface area contributed by atoms with Crippen molar-refractivity contribution in [1.82, 2.24) is 4.98 Å². The highest BCUT2D eigenvalue weighted by atomic mass is 79.9. The van der Waals surface area contributed by atoms with Crippen LogP contribution in [0.25, 0.3) is 0 Å². The Balaban J connectivity index is 2.23. The van der Waals surface area contributed by atoms with E-state index in [9.17, 15) is 4.39 Å². The molecule has 1 heterocycles. The Morgan fingerprint density at radius 3 is 2.68 bits per heavy atom. The zero-order valence-electron chi connectivity index (χ0n) is 10.3. The molecule has 0 bridgehead atoms. The molecule has 0 fully saturated rings. The summed E-state index contributed by atoms with van der Waals surface area (Å²) in [6.45, 7) is 0.559. The fourth-order valence-electron chi connectivity index (χ4n) is 1.76. The molecule has 0 saturated heterocycles. The van der Waals surface area contributed by atoms with E-state index < -0.39 is 0 Å². The van der Waals surface area contributed by atoms with Crippen LogP contribution >= 0.6 is 15.9 Å². The van der Waals surface area contributed by atoms with Crippen molar-refractivity contribution in [3.05, 3.63) is 57.9 Å². The molecular weight excluding hydrogens is 309 g/mol. The average Bonchev–Trinajstić information content (AvgIpc) is 2.41. The summed E-state index contributed by atoms with van der Waals surface area (Å²) in [6, 6.07) is 10.1. The fourth-order valence-corrected chi connectivity index (χ4v) is 2.09. The highest BCUT2D eigenvalue weighted by molar-refractivity contribution is 9.10. The molecule has 19 heavy (non-hydrogen) atoms. The molecule has 0 radical (unpaired) electrons. The molecule has 0 spiro atoms. The summed E-state index contributed by atoms with van der Waals surface area (Å²) in [5.41, 5.74) is 1.46. The Morgan fingerprint density at radius 1 is 1.37 bits per heavy atom. The smallest absolute Gasteiger partial charge is 0.146 e.